The molecule has 0 unspecified atom stereocenters. The standard InChI is InChI=1S/C24H24N2O.ClH/c27-24(15-16-25-21-17-19-9-7-8-10-20(19)18-21)26(22-11-3-1-4-12-22)23-13-5-2-6-14-23;/h1-14,21,25H,15-18H2;1H. The zero-order chi connectivity index (χ0) is 18.5. The maximum absolute atomic E-state index is 13.0. The molecule has 4 rings (SSSR count). The van der Waals surface area contributed by atoms with Gasteiger partial charge in [-0.15, -0.1) is 12.4 Å². The Morgan fingerprint density at radius 3 is 1.75 bits per heavy atom. The van der Waals surface area contributed by atoms with Gasteiger partial charge in [0.05, 0.1) is 0 Å². The van der Waals surface area contributed by atoms with E-state index in [1.165, 1.54) is 11.1 Å². The summed E-state index contributed by atoms with van der Waals surface area (Å²) in [5, 5.41) is 3.57. The minimum Gasteiger partial charge on any atom is -0.313 e. The lowest BCUT2D eigenvalue weighted by molar-refractivity contribution is -0.117. The molecular formula is C24H25ClN2O. The lowest BCUT2D eigenvalue weighted by atomic mass is 10.1. The van der Waals surface area contributed by atoms with Gasteiger partial charge in [-0.25, -0.2) is 0 Å². The first-order valence-electron chi connectivity index (χ1n) is 9.54. The van der Waals surface area contributed by atoms with Crippen molar-refractivity contribution in [3.05, 3.63) is 96.1 Å². The molecule has 0 radical (unpaired) electrons. The van der Waals surface area contributed by atoms with Gasteiger partial charge in [-0.05, 0) is 48.2 Å². The highest BCUT2D eigenvalue weighted by molar-refractivity contribution is 6.00. The predicted molar refractivity (Wildman–Crippen MR) is 118 cm³/mol. The monoisotopic (exact) mass is 392 g/mol. The lowest BCUT2D eigenvalue weighted by Gasteiger charge is -2.23. The molecule has 28 heavy (non-hydrogen) atoms. The van der Waals surface area contributed by atoms with Crippen molar-refractivity contribution in [2.24, 2.45) is 0 Å². The number of nitrogens with one attached hydrogen (secondary N) is 1. The molecule has 0 spiro atoms. The predicted octanol–water partition coefficient (Wildman–Crippen LogP) is 4.92. The van der Waals surface area contributed by atoms with Crippen LogP contribution >= 0.6 is 12.4 Å². The number of rotatable bonds is 6. The first-order chi connectivity index (χ1) is 13.3. The Bertz CT molecular complexity index is 834. The van der Waals surface area contributed by atoms with E-state index in [1.54, 1.807) is 0 Å². The number of amides is 1. The molecule has 1 amide bonds. The minimum absolute atomic E-state index is 0. The highest BCUT2D eigenvalue weighted by atomic mass is 35.5. The van der Waals surface area contributed by atoms with Crippen molar-refractivity contribution >= 4 is 29.7 Å². The first kappa shape index (κ1) is 20.1. The molecule has 4 heteroatoms. The van der Waals surface area contributed by atoms with Gasteiger partial charge in [-0.3, -0.25) is 9.69 Å². The normalized spacial score (nSPS) is 12.9. The maximum atomic E-state index is 13.0. The van der Waals surface area contributed by atoms with Crippen molar-refractivity contribution in [2.75, 3.05) is 11.4 Å². The van der Waals surface area contributed by atoms with E-state index in [-0.39, 0.29) is 18.3 Å². The fourth-order valence-electron chi connectivity index (χ4n) is 3.79. The molecule has 144 valence electrons. The third-order valence-corrected chi connectivity index (χ3v) is 5.10. The summed E-state index contributed by atoms with van der Waals surface area (Å²) in [4.78, 5) is 14.8. The molecule has 0 bridgehead atoms. The lowest BCUT2D eigenvalue weighted by Crippen LogP contribution is -2.34. The Hall–Kier alpha value is -2.62. The highest BCUT2D eigenvalue weighted by Crippen LogP contribution is 2.26. The third kappa shape index (κ3) is 4.61. The van der Waals surface area contributed by atoms with E-state index in [1.807, 2.05) is 65.6 Å². The molecule has 0 saturated carbocycles. The molecular weight excluding hydrogens is 368 g/mol. The average Bonchev–Trinajstić information content (AvgIpc) is 3.13. The fraction of sp³-hybridized carbons (Fsp3) is 0.208. The number of hydrogen-bond acceptors (Lipinski definition) is 2. The number of para-hydroxylation sites is 2. The molecule has 3 aromatic rings. The van der Waals surface area contributed by atoms with Crippen LogP contribution in [0.15, 0.2) is 84.9 Å². The summed E-state index contributed by atoms with van der Waals surface area (Å²) >= 11 is 0. The largest absolute Gasteiger partial charge is 0.313 e. The number of anilines is 2. The van der Waals surface area contributed by atoms with Gasteiger partial charge >= 0.3 is 0 Å². The van der Waals surface area contributed by atoms with Crippen molar-refractivity contribution in [2.45, 2.75) is 25.3 Å². The molecule has 1 aliphatic rings. The van der Waals surface area contributed by atoms with E-state index in [9.17, 15) is 4.79 Å². The maximum Gasteiger partial charge on any atom is 0.232 e. The summed E-state index contributed by atoms with van der Waals surface area (Å²) in [6, 6.07) is 28.7. The van der Waals surface area contributed by atoms with Crippen LogP contribution in [0.4, 0.5) is 11.4 Å². The number of halogens is 1. The van der Waals surface area contributed by atoms with Gasteiger partial charge in [0.2, 0.25) is 5.91 Å². The second-order valence-electron chi connectivity index (χ2n) is 6.98. The van der Waals surface area contributed by atoms with Gasteiger partial charge < -0.3 is 5.32 Å². The summed E-state index contributed by atoms with van der Waals surface area (Å²) in [6.45, 7) is 0.688. The minimum atomic E-state index is 0. The van der Waals surface area contributed by atoms with Gasteiger partial charge in [-0.2, -0.15) is 0 Å². The van der Waals surface area contributed by atoms with Crippen LogP contribution < -0.4 is 10.2 Å². The Kier molecular flexibility index (Phi) is 6.85. The van der Waals surface area contributed by atoms with E-state index >= 15 is 0 Å². The SMILES string of the molecule is Cl.O=C(CCNC1Cc2ccccc2C1)N(c1ccccc1)c1ccccc1. The molecule has 0 fully saturated rings. The fourth-order valence-corrected chi connectivity index (χ4v) is 3.79. The third-order valence-electron chi connectivity index (χ3n) is 5.10. The summed E-state index contributed by atoms with van der Waals surface area (Å²) in [7, 11) is 0. The Labute approximate surface area is 172 Å². The summed E-state index contributed by atoms with van der Waals surface area (Å²) in [5.74, 6) is 0.107. The van der Waals surface area contributed by atoms with Crippen LogP contribution in [0.2, 0.25) is 0 Å². The van der Waals surface area contributed by atoms with Crippen LogP contribution in [0.5, 0.6) is 0 Å². The van der Waals surface area contributed by atoms with Gasteiger partial charge in [0.1, 0.15) is 0 Å². The molecule has 1 N–H and O–H groups in total. The molecule has 0 aromatic heterocycles. The van der Waals surface area contributed by atoms with Crippen LogP contribution in [0.25, 0.3) is 0 Å². The number of hydrogen-bond donors (Lipinski definition) is 1. The highest BCUT2D eigenvalue weighted by Gasteiger charge is 2.22. The molecule has 0 saturated heterocycles. The van der Waals surface area contributed by atoms with Crippen LogP contribution in [-0.4, -0.2) is 18.5 Å². The number of benzene rings is 3. The van der Waals surface area contributed by atoms with E-state index < -0.39 is 0 Å². The number of fused-ring (bicyclic) bond motifs is 1. The second kappa shape index (κ2) is 9.54. The average molecular weight is 393 g/mol. The second-order valence-corrected chi connectivity index (χ2v) is 6.98. The van der Waals surface area contributed by atoms with Crippen molar-refractivity contribution in [3.8, 4) is 0 Å². The van der Waals surface area contributed by atoms with Gasteiger partial charge in [-0.1, -0.05) is 60.7 Å². The molecule has 1 aliphatic carbocycles. The van der Waals surface area contributed by atoms with E-state index in [0.717, 1.165) is 24.2 Å². The summed E-state index contributed by atoms with van der Waals surface area (Å²) < 4.78 is 0. The van der Waals surface area contributed by atoms with E-state index in [0.29, 0.717) is 19.0 Å². The van der Waals surface area contributed by atoms with E-state index in [4.69, 9.17) is 0 Å². The molecule has 3 nitrogen and oxygen atoms in total. The van der Waals surface area contributed by atoms with Gasteiger partial charge in [0, 0.05) is 30.4 Å². The van der Waals surface area contributed by atoms with Crippen molar-refractivity contribution in [3.63, 3.8) is 0 Å². The van der Waals surface area contributed by atoms with Crippen LogP contribution in [-0.2, 0) is 17.6 Å². The molecule has 0 aliphatic heterocycles. The molecule has 3 aromatic carbocycles. The summed E-state index contributed by atoms with van der Waals surface area (Å²) in [5.41, 5.74) is 4.66. The Balaban J connectivity index is 0.00000225. The van der Waals surface area contributed by atoms with Gasteiger partial charge in [0.15, 0.2) is 0 Å². The number of carbonyl (C=O) groups is 1. The Morgan fingerprint density at radius 2 is 1.25 bits per heavy atom. The van der Waals surface area contributed by atoms with Crippen LogP contribution in [0.1, 0.15) is 17.5 Å². The smallest absolute Gasteiger partial charge is 0.232 e. The van der Waals surface area contributed by atoms with Crippen molar-refractivity contribution in [1.82, 2.24) is 5.32 Å². The van der Waals surface area contributed by atoms with Crippen LogP contribution in [0, 0.1) is 0 Å². The number of nitrogens with zero attached hydrogens (tertiary/aromatic N) is 1. The molecule has 0 heterocycles. The molecule has 0 atom stereocenters. The quantitative estimate of drug-likeness (QED) is 0.645. The number of carbonyl (C=O) groups excluding carboxylic acids is 1. The van der Waals surface area contributed by atoms with Gasteiger partial charge in [0.25, 0.3) is 0 Å². The topological polar surface area (TPSA) is 32.3 Å². The summed E-state index contributed by atoms with van der Waals surface area (Å²) in [6.07, 6.45) is 2.56. The zero-order valence-electron chi connectivity index (χ0n) is 15.8. The Morgan fingerprint density at radius 1 is 0.786 bits per heavy atom. The van der Waals surface area contributed by atoms with Crippen LogP contribution in [0.3, 0.4) is 0 Å². The first-order valence-corrected chi connectivity index (χ1v) is 9.54. The van der Waals surface area contributed by atoms with E-state index in [2.05, 4.69) is 29.6 Å². The van der Waals surface area contributed by atoms with Crippen molar-refractivity contribution < 1.29 is 4.79 Å². The van der Waals surface area contributed by atoms with Crippen molar-refractivity contribution in [1.29, 1.82) is 0 Å². The zero-order valence-corrected chi connectivity index (χ0v) is 16.6.